The van der Waals surface area contributed by atoms with Gasteiger partial charge in [0.25, 0.3) is 0 Å². The van der Waals surface area contributed by atoms with E-state index in [9.17, 15) is 0 Å². The van der Waals surface area contributed by atoms with E-state index in [2.05, 4.69) is 57.2 Å². The van der Waals surface area contributed by atoms with E-state index in [-0.39, 0.29) is 0 Å². The lowest BCUT2D eigenvalue weighted by Crippen LogP contribution is -2.18. The molecule has 0 fully saturated rings. The summed E-state index contributed by atoms with van der Waals surface area (Å²) in [7, 11) is 0. The minimum Gasteiger partial charge on any atom is -0.0750 e. The summed E-state index contributed by atoms with van der Waals surface area (Å²) < 4.78 is 0. The van der Waals surface area contributed by atoms with Crippen LogP contribution in [-0.2, 0) is 0 Å². The molecule has 1 atom stereocenters. The average Bonchev–Trinajstić information content (AvgIpc) is 2.16. The molecule has 0 heterocycles. The SMILES string of the molecule is CC1CC(c2ccccc2)=CC(C)(C)C1. The lowest BCUT2D eigenvalue weighted by atomic mass is 9.73. The molecule has 0 nitrogen and oxygen atoms in total. The van der Waals surface area contributed by atoms with Crippen LogP contribution < -0.4 is 0 Å². The lowest BCUT2D eigenvalue weighted by Gasteiger charge is -2.32. The molecule has 0 aromatic heterocycles. The molecule has 1 unspecified atom stereocenters. The molecule has 1 aromatic rings. The minimum absolute atomic E-state index is 0.364. The van der Waals surface area contributed by atoms with Gasteiger partial charge in [0, 0.05) is 0 Å². The molecular formula is C15H20. The average molecular weight is 200 g/mol. The first-order valence-corrected chi connectivity index (χ1v) is 5.84. The molecule has 0 saturated carbocycles. The lowest BCUT2D eigenvalue weighted by molar-refractivity contribution is 0.337. The first kappa shape index (κ1) is 10.5. The number of hydrogen-bond donors (Lipinski definition) is 0. The number of hydrogen-bond acceptors (Lipinski definition) is 0. The highest BCUT2D eigenvalue weighted by Gasteiger charge is 2.25. The molecule has 2 rings (SSSR count). The molecule has 0 N–H and O–H groups in total. The van der Waals surface area contributed by atoms with Gasteiger partial charge in [0.2, 0.25) is 0 Å². The van der Waals surface area contributed by atoms with Crippen molar-refractivity contribution in [1.82, 2.24) is 0 Å². The topological polar surface area (TPSA) is 0 Å². The van der Waals surface area contributed by atoms with Crippen molar-refractivity contribution in [2.75, 3.05) is 0 Å². The van der Waals surface area contributed by atoms with Gasteiger partial charge in [-0.2, -0.15) is 0 Å². The summed E-state index contributed by atoms with van der Waals surface area (Å²) in [6.07, 6.45) is 5.00. The summed E-state index contributed by atoms with van der Waals surface area (Å²) in [6, 6.07) is 10.8. The molecule has 0 spiro atoms. The van der Waals surface area contributed by atoms with Crippen molar-refractivity contribution in [2.45, 2.75) is 33.6 Å². The van der Waals surface area contributed by atoms with E-state index in [1.165, 1.54) is 24.0 Å². The monoisotopic (exact) mass is 200 g/mol. The van der Waals surface area contributed by atoms with Gasteiger partial charge in [-0.1, -0.05) is 57.2 Å². The summed E-state index contributed by atoms with van der Waals surface area (Å²) in [5, 5.41) is 0. The smallest absolute Gasteiger partial charge is 0.0166 e. The molecule has 0 amide bonds. The van der Waals surface area contributed by atoms with Crippen molar-refractivity contribution >= 4 is 5.57 Å². The number of benzene rings is 1. The van der Waals surface area contributed by atoms with Crippen LogP contribution in [0.4, 0.5) is 0 Å². The number of rotatable bonds is 1. The summed E-state index contributed by atoms with van der Waals surface area (Å²) >= 11 is 0. The normalized spacial score (nSPS) is 24.7. The van der Waals surface area contributed by atoms with Gasteiger partial charge < -0.3 is 0 Å². The third kappa shape index (κ3) is 2.50. The molecular weight excluding hydrogens is 180 g/mol. The predicted octanol–water partition coefficient (Wildman–Crippen LogP) is 4.53. The van der Waals surface area contributed by atoms with Gasteiger partial charge in [-0.05, 0) is 35.3 Å². The van der Waals surface area contributed by atoms with Crippen LogP contribution in [0.3, 0.4) is 0 Å². The molecule has 0 heteroatoms. The van der Waals surface area contributed by atoms with Crippen LogP contribution in [0.15, 0.2) is 36.4 Å². The Balaban J connectivity index is 2.34. The van der Waals surface area contributed by atoms with Crippen LogP contribution >= 0.6 is 0 Å². The summed E-state index contributed by atoms with van der Waals surface area (Å²) in [5.41, 5.74) is 3.29. The second-order valence-corrected chi connectivity index (χ2v) is 5.54. The van der Waals surface area contributed by atoms with Crippen molar-refractivity contribution in [3.63, 3.8) is 0 Å². The molecule has 1 aliphatic carbocycles. The van der Waals surface area contributed by atoms with Gasteiger partial charge >= 0.3 is 0 Å². The standard InChI is InChI=1S/C15H20/c1-12-9-14(11-15(2,3)10-12)13-7-5-4-6-8-13/h4-8,11-12H,9-10H2,1-3H3. The molecule has 0 aliphatic heterocycles. The van der Waals surface area contributed by atoms with E-state index < -0.39 is 0 Å². The van der Waals surface area contributed by atoms with Gasteiger partial charge in [-0.15, -0.1) is 0 Å². The third-order valence-corrected chi connectivity index (χ3v) is 3.15. The Morgan fingerprint density at radius 2 is 1.80 bits per heavy atom. The second-order valence-electron chi connectivity index (χ2n) is 5.54. The first-order chi connectivity index (χ1) is 7.07. The quantitative estimate of drug-likeness (QED) is 0.625. The highest BCUT2D eigenvalue weighted by atomic mass is 14.3. The Kier molecular flexibility index (Phi) is 2.68. The highest BCUT2D eigenvalue weighted by molar-refractivity contribution is 5.67. The molecule has 1 aromatic carbocycles. The van der Waals surface area contributed by atoms with Crippen LogP contribution in [0.2, 0.25) is 0 Å². The van der Waals surface area contributed by atoms with E-state index in [0.717, 1.165) is 5.92 Å². The third-order valence-electron chi connectivity index (χ3n) is 3.15. The summed E-state index contributed by atoms with van der Waals surface area (Å²) in [6.45, 7) is 7.04. The number of allylic oxidation sites excluding steroid dienone is 2. The van der Waals surface area contributed by atoms with Crippen LogP contribution in [0, 0.1) is 11.3 Å². The fourth-order valence-electron chi connectivity index (χ4n) is 2.79. The van der Waals surface area contributed by atoms with Gasteiger partial charge in [0.1, 0.15) is 0 Å². The molecule has 80 valence electrons. The maximum absolute atomic E-state index is 2.46. The van der Waals surface area contributed by atoms with E-state index in [0.29, 0.717) is 5.41 Å². The molecule has 0 bridgehead atoms. The van der Waals surface area contributed by atoms with Crippen LogP contribution in [0.25, 0.3) is 5.57 Å². The Hall–Kier alpha value is -1.04. The van der Waals surface area contributed by atoms with E-state index >= 15 is 0 Å². The fraction of sp³-hybridized carbons (Fsp3) is 0.467. The van der Waals surface area contributed by atoms with E-state index in [1.54, 1.807) is 0 Å². The Morgan fingerprint density at radius 3 is 2.40 bits per heavy atom. The second kappa shape index (κ2) is 3.84. The summed E-state index contributed by atoms with van der Waals surface area (Å²) in [4.78, 5) is 0. The summed E-state index contributed by atoms with van der Waals surface area (Å²) in [5.74, 6) is 0.806. The fourth-order valence-corrected chi connectivity index (χ4v) is 2.79. The van der Waals surface area contributed by atoms with Crippen molar-refractivity contribution < 1.29 is 0 Å². The largest absolute Gasteiger partial charge is 0.0750 e. The van der Waals surface area contributed by atoms with Gasteiger partial charge in [0.05, 0.1) is 0 Å². The van der Waals surface area contributed by atoms with Gasteiger partial charge in [0.15, 0.2) is 0 Å². The molecule has 0 radical (unpaired) electrons. The Morgan fingerprint density at radius 1 is 1.13 bits per heavy atom. The predicted molar refractivity (Wildman–Crippen MR) is 66.6 cm³/mol. The van der Waals surface area contributed by atoms with E-state index in [4.69, 9.17) is 0 Å². The van der Waals surface area contributed by atoms with Crippen LogP contribution in [0.5, 0.6) is 0 Å². The maximum atomic E-state index is 2.46. The van der Waals surface area contributed by atoms with Gasteiger partial charge in [-0.3, -0.25) is 0 Å². The highest BCUT2D eigenvalue weighted by Crippen LogP contribution is 2.40. The first-order valence-electron chi connectivity index (χ1n) is 5.84. The Labute approximate surface area is 93.0 Å². The molecule has 0 saturated heterocycles. The van der Waals surface area contributed by atoms with Crippen LogP contribution in [0.1, 0.15) is 39.2 Å². The van der Waals surface area contributed by atoms with Crippen LogP contribution in [-0.4, -0.2) is 0 Å². The van der Waals surface area contributed by atoms with Crippen molar-refractivity contribution in [2.24, 2.45) is 11.3 Å². The minimum atomic E-state index is 0.364. The van der Waals surface area contributed by atoms with Gasteiger partial charge in [-0.25, -0.2) is 0 Å². The maximum Gasteiger partial charge on any atom is -0.0166 e. The van der Waals surface area contributed by atoms with Crippen molar-refractivity contribution in [3.8, 4) is 0 Å². The zero-order valence-corrected chi connectivity index (χ0v) is 9.96. The Bertz CT molecular complexity index is 357. The zero-order chi connectivity index (χ0) is 10.9. The molecule has 1 aliphatic rings. The van der Waals surface area contributed by atoms with Crippen molar-refractivity contribution in [3.05, 3.63) is 42.0 Å². The molecule has 15 heavy (non-hydrogen) atoms. The van der Waals surface area contributed by atoms with Crippen molar-refractivity contribution in [1.29, 1.82) is 0 Å². The van der Waals surface area contributed by atoms with E-state index in [1.807, 2.05) is 0 Å². The zero-order valence-electron chi connectivity index (χ0n) is 9.96.